The largest absolute Gasteiger partial charge is 0.352 e. The quantitative estimate of drug-likeness (QED) is 0.656. The molecule has 0 radical (unpaired) electrons. The van der Waals surface area contributed by atoms with Gasteiger partial charge in [-0.25, -0.2) is 0 Å². The Bertz CT molecular complexity index is 917. The summed E-state index contributed by atoms with van der Waals surface area (Å²) in [6, 6.07) is 0.539. The minimum Gasteiger partial charge on any atom is -0.352 e. The Balaban J connectivity index is 1.79. The molecule has 0 unspecified atom stereocenters. The van der Waals surface area contributed by atoms with Crippen molar-refractivity contribution in [3.05, 3.63) is 33.7 Å². The number of nitrogens with one attached hydrogen (secondary N) is 1. The lowest BCUT2D eigenvalue weighted by Crippen LogP contribution is -2.46. The molecule has 0 aliphatic carbocycles. The number of amides is 2. The number of carbonyl (C=O) groups excluding carboxylic acids is 2. The molecule has 34 heavy (non-hydrogen) atoms. The molecule has 1 atom stereocenters. The Labute approximate surface area is 204 Å². The number of piperidine rings is 1. The third-order valence-electron chi connectivity index (χ3n) is 7.23. The number of hydrogen-bond donors (Lipinski definition) is 1. The van der Waals surface area contributed by atoms with Crippen LogP contribution in [0.1, 0.15) is 94.4 Å². The molecule has 3 heterocycles. The second-order valence-electron chi connectivity index (χ2n) is 11.7. The minimum atomic E-state index is -0.472. The van der Waals surface area contributed by atoms with E-state index in [1.54, 1.807) is 12.4 Å². The molecular weight excluding hydrogens is 428 g/mol. The van der Waals surface area contributed by atoms with E-state index in [9.17, 15) is 14.4 Å². The number of pyridine rings is 1. The SMILES string of the molecule is CC(C)CCn1cc(C(=O)NC(C)(C)C)c(=O)c(C(=O)N2CCC([C@@H](C)N3CCCC3)CC2)c1. The maximum atomic E-state index is 13.5. The molecule has 0 aromatic carbocycles. The number of likely N-dealkylation sites (tertiary alicyclic amines) is 2. The van der Waals surface area contributed by atoms with Crippen LogP contribution >= 0.6 is 0 Å². The first-order valence-corrected chi connectivity index (χ1v) is 13.1. The van der Waals surface area contributed by atoms with Gasteiger partial charge in [0.05, 0.1) is 0 Å². The van der Waals surface area contributed by atoms with E-state index in [4.69, 9.17) is 0 Å². The van der Waals surface area contributed by atoms with Crippen LogP contribution in [0.5, 0.6) is 0 Å². The van der Waals surface area contributed by atoms with Crippen LogP contribution in [-0.4, -0.2) is 63.9 Å². The first-order valence-electron chi connectivity index (χ1n) is 13.1. The van der Waals surface area contributed by atoms with Crippen molar-refractivity contribution in [1.82, 2.24) is 19.7 Å². The molecular formula is C27H44N4O3. The molecule has 2 saturated heterocycles. The fourth-order valence-electron chi connectivity index (χ4n) is 5.09. The Morgan fingerprint density at radius 2 is 1.59 bits per heavy atom. The highest BCUT2D eigenvalue weighted by molar-refractivity contribution is 5.99. The van der Waals surface area contributed by atoms with Crippen LogP contribution in [0, 0.1) is 11.8 Å². The monoisotopic (exact) mass is 472 g/mol. The fraction of sp³-hybridized carbons (Fsp3) is 0.741. The summed E-state index contributed by atoms with van der Waals surface area (Å²) in [5.74, 6) is 0.375. The molecule has 7 heteroatoms. The first-order chi connectivity index (χ1) is 16.0. The van der Waals surface area contributed by atoms with Gasteiger partial charge in [0.15, 0.2) is 0 Å². The lowest BCUT2D eigenvalue weighted by atomic mass is 9.89. The van der Waals surface area contributed by atoms with Gasteiger partial charge in [0, 0.05) is 43.6 Å². The average Bonchev–Trinajstić information content (AvgIpc) is 3.31. The summed E-state index contributed by atoms with van der Waals surface area (Å²) < 4.78 is 1.84. The van der Waals surface area contributed by atoms with Crippen molar-refractivity contribution in [2.45, 2.75) is 91.8 Å². The normalized spacial score (nSPS) is 19.0. The number of nitrogens with zero attached hydrogens (tertiary/aromatic N) is 3. The summed E-state index contributed by atoms with van der Waals surface area (Å²) in [5, 5.41) is 2.88. The van der Waals surface area contributed by atoms with Gasteiger partial charge >= 0.3 is 0 Å². The van der Waals surface area contributed by atoms with E-state index in [1.807, 2.05) is 30.2 Å². The molecule has 2 aliphatic heterocycles. The minimum absolute atomic E-state index is 0.0436. The summed E-state index contributed by atoms with van der Waals surface area (Å²) in [6.07, 6.45) is 8.63. The highest BCUT2D eigenvalue weighted by Gasteiger charge is 2.32. The average molecular weight is 473 g/mol. The molecule has 0 bridgehead atoms. The first kappa shape index (κ1) is 26.5. The van der Waals surface area contributed by atoms with Gasteiger partial charge in [0.2, 0.25) is 5.43 Å². The van der Waals surface area contributed by atoms with Gasteiger partial charge in [0.1, 0.15) is 11.1 Å². The van der Waals surface area contributed by atoms with Crippen molar-refractivity contribution in [2.75, 3.05) is 26.2 Å². The van der Waals surface area contributed by atoms with Crippen LogP contribution in [0.25, 0.3) is 0 Å². The van der Waals surface area contributed by atoms with Crippen molar-refractivity contribution in [3.8, 4) is 0 Å². The van der Waals surface area contributed by atoms with Crippen LogP contribution in [0.4, 0.5) is 0 Å². The van der Waals surface area contributed by atoms with E-state index < -0.39 is 16.9 Å². The lowest BCUT2D eigenvalue weighted by molar-refractivity contribution is 0.0622. The second-order valence-corrected chi connectivity index (χ2v) is 11.7. The number of carbonyl (C=O) groups is 2. The summed E-state index contributed by atoms with van der Waals surface area (Å²) >= 11 is 0. The van der Waals surface area contributed by atoms with Gasteiger partial charge in [-0.05, 0) is 84.7 Å². The van der Waals surface area contributed by atoms with Gasteiger partial charge in [-0.1, -0.05) is 13.8 Å². The number of rotatable bonds is 7. The summed E-state index contributed by atoms with van der Waals surface area (Å²) in [7, 11) is 0. The summed E-state index contributed by atoms with van der Waals surface area (Å²) in [6.45, 7) is 16.6. The van der Waals surface area contributed by atoms with Crippen molar-refractivity contribution < 1.29 is 9.59 Å². The van der Waals surface area contributed by atoms with Crippen molar-refractivity contribution in [1.29, 1.82) is 0 Å². The number of aryl methyl sites for hydroxylation is 1. The van der Waals surface area contributed by atoms with Crippen molar-refractivity contribution in [3.63, 3.8) is 0 Å². The van der Waals surface area contributed by atoms with Gasteiger partial charge in [-0.3, -0.25) is 14.4 Å². The van der Waals surface area contributed by atoms with Crippen LogP contribution in [0.3, 0.4) is 0 Å². The maximum absolute atomic E-state index is 13.5. The van der Waals surface area contributed by atoms with E-state index in [0.29, 0.717) is 37.5 Å². The zero-order valence-corrected chi connectivity index (χ0v) is 22.0. The fourth-order valence-corrected chi connectivity index (χ4v) is 5.09. The van der Waals surface area contributed by atoms with Crippen LogP contribution in [-0.2, 0) is 6.54 Å². The van der Waals surface area contributed by atoms with Gasteiger partial charge < -0.3 is 19.7 Å². The molecule has 1 aromatic heterocycles. The zero-order chi connectivity index (χ0) is 25.0. The van der Waals surface area contributed by atoms with Gasteiger partial charge in [-0.2, -0.15) is 0 Å². The van der Waals surface area contributed by atoms with Crippen LogP contribution in [0.15, 0.2) is 17.2 Å². The Morgan fingerprint density at radius 3 is 2.15 bits per heavy atom. The second kappa shape index (κ2) is 11.1. The Hall–Kier alpha value is -2.15. The molecule has 1 N–H and O–H groups in total. The topological polar surface area (TPSA) is 74.6 Å². The lowest BCUT2D eigenvalue weighted by Gasteiger charge is -2.38. The predicted molar refractivity (Wildman–Crippen MR) is 136 cm³/mol. The third kappa shape index (κ3) is 6.71. The highest BCUT2D eigenvalue weighted by Crippen LogP contribution is 2.27. The van der Waals surface area contributed by atoms with E-state index in [0.717, 1.165) is 19.3 Å². The smallest absolute Gasteiger partial charge is 0.259 e. The standard InChI is InChI=1S/C27H44N4O3/c1-19(2)9-14-29-17-22(25(33)28-27(4,5)6)24(32)23(18-29)26(34)31-15-10-21(11-16-31)20(3)30-12-7-8-13-30/h17-21H,7-16H2,1-6H3,(H,28,33)/t20-/m1/s1. The molecule has 2 aliphatic rings. The van der Waals surface area contributed by atoms with E-state index in [1.165, 1.54) is 25.9 Å². The van der Waals surface area contributed by atoms with Gasteiger partial charge in [-0.15, -0.1) is 0 Å². The molecule has 7 nitrogen and oxygen atoms in total. The molecule has 2 fully saturated rings. The number of hydrogen-bond acceptors (Lipinski definition) is 4. The number of aromatic nitrogens is 1. The zero-order valence-electron chi connectivity index (χ0n) is 22.0. The van der Waals surface area contributed by atoms with E-state index in [-0.39, 0.29) is 17.0 Å². The van der Waals surface area contributed by atoms with Crippen LogP contribution < -0.4 is 10.7 Å². The Kier molecular flexibility index (Phi) is 8.61. The Morgan fingerprint density at radius 1 is 1.00 bits per heavy atom. The molecule has 190 valence electrons. The maximum Gasteiger partial charge on any atom is 0.259 e. The molecule has 3 rings (SSSR count). The summed E-state index contributed by atoms with van der Waals surface area (Å²) in [4.78, 5) is 44.1. The van der Waals surface area contributed by atoms with Crippen molar-refractivity contribution in [2.24, 2.45) is 11.8 Å². The van der Waals surface area contributed by atoms with E-state index in [2.05, 4.69) is 31.0 Å². The molecule has 1 aromatic rings. The van der Waals surface area contributed by atoms with Gasteiger partial charge in [0.25, 0.3) is 11.8 Å². The van der Waals surface area contributed by atoms with Crippen molar-refractivity contribution >= 4 is 11.8 Å². The molecule has 2 amide bonds. The van der Waals surface area contributed by atoms with E-state index >= 15 is 0 Å². The molecule has 0 spiro atoms. The highest BCUT2D eigenvalue weighted by atomic mass is 16.2. The predicted octanol–water partition coefficient (Wildman–Crippen LogP) is 3.76. The van der Waals surface area contributed by atoms with Crippen LogP contribution in [0.2, 0.25) is 0 Å². The summed E-state index contributed by atoms with van der Waals surface area (Å²) in [5.41, 5.74) is -0.793. The molecule has 0 saturated carbocycles. The third-order valence-corrected chi connectivity index (χ3v) is 7.23.